The van der Waals surface area contributed by atoms with Crippen LogP contribution in [-0.4, -0.2) is 47.4 Å². The van der Waals surface area contributed by atoms with Gasteiger partial charge in [0.15, 0.2) is 0 Å². The number of rotatable bonds is 75. The van der Waals surface area contributed by atoms with Crippen molar-refractivity contribution in [1.29, 1.82) is 0 Å². The molecule has 0 aliphatic carbocycles. The summed E-state index contributed by atoms with van der Waals surface area (Å²) in [6.07, 6.45) is 91.9. The lowest BCUT2D eigenvalue weighted by Crippen LogP contribution is -2.45. The Morgan fingerprint density at radius 1 is 0.286 bits per heavy atom. The molecule has 6 heteroatoms. The fraction of sp³-hybridized carbons (Fsp3) is 0.974. The minimum atomic E-state index is -0.661. The summed E-state index contributed by atoms with van der Waals surface area (Å²) in [5.41, 5.74) is 0. The van der Waals surface area contributed by atoms with E-state index < -0.39 is 12.1 Å². The van der Waals surface area contributed by atoms with Crippen LogP contribution in [0.4, 0.5) is 0 Å². The van der Waals surface area contributed by atoms with E-state index in [1.807, 2.05) is 0 Å². The van der Waals surface area contributed by atoms with Gasteiger partial charge in [-0.05, 0) is 25.7 Å². The van der Waals surface area contributed by atoms with E-state index in [-0.39, 0.29) is 18.5 Å². The zero-order chi connectivity index (χ0) is 60.6. The zero-order valence-corrected chi connectivity index (χ0v) is 57.7. The molecular formula is C78H155NO5. The molecule has 0 aromatic heterocycles. The Morgan fingerprint density at radius 2 is 0.488 bits per heavy atom. The van der Waals surface area contributed by atoms with Crippen LogP contribution in [0.5, 0.6) is 0 Å². The summed E-state index contributed by atoms with van der Waals surface area (Å²) in [4.78, 5) is 24.6. The first kappa shape index (κ1) is 82.9. The molecule has 2 unspecified atom stereocenters. The van der Waals surface area contributed by atoms with Crippen LogP contribution in [0.1, 0.15) is 463 Å². The highest BCUT2D eigenvalue weighted by molar-refractivity contribution is 5.76. The van der Waals surface area contributed by atoms with Gasteiger partial charge in [0, 0.05) is 12.8 Å². The Morgan fingerprint density at radius 3 is 0.726 bits per heavy atom. The van der Waals surface area contributed by atoms with Gasteiger partial charge in [-0.1, -0.05) is 425 Å². The average Bonchev–Trinajstić information content (AvgIpc) is 3.51. The predicted molar refractivity (Wildman–Crippen MR) is 371 cm³/mol. The highest BCUT2D eigenvalue weighted by Gasteiger charge is 2.20. The Hall–Kier alpha value is -1.14. The van der Waals surface area contributed by atoms with Gasteiger partial charge in [0.05, 0.1) is 25.4 Å². The third-order valence-corrected chi connectivity index (χ3v) is 18.9. The molecule has 1 amide bonds. The van der Waals surface area contributed by atoms with Crippen molar-refractivity contribution in [1.82, 2.24) is 5.32 Å². The summed E-state index contributed by atoms with van der Waals surface area (Å²) in [5, 5.41) is 23.4. The second-order valence-electron chi connectivity index (χ2n) is 27.4. The fourth-order valence-corrected chi connectivity index (χ4v) is 12.9. The van der Waals surface area contributed by atoms with Gasteiger partial charge in [-0.25, -0.2) is 0 Å². The molecule has 502 valence electrons. The normalized spacial score (nSPS) is 12.4. The number of amides is 1. The molecule has 0 saturated heterocycles. The number of unbranched alkanes of at least 4 members (excludes halogenated alkanes) is 64. The van der Waals surface area contributed by atoms with Crippen molar-refractivity contribution in [2.45, 2.75) is 475 Å². The summed E-state index contributed by atoms with van der Waals surface area (Å²) >= 11 is 0. The fourth-order valence-electron chi connectivity index (χ4n) is 12.9. The number of esters is 1. The molecule has 0 bridgehead atoms. The number of aliphatic hydroxyl groups is 2. The van der Waals surface area contributed by atoms with E-state index in [9.17, 15) is 19.8 Å². The number of ether oxygens (including phenoxy) is 1. The monoisotopic (exact) mass is 1190 g/mol. The molecule has 0 aromatic carbocycles. The molecule has 2 atom stereocenters. The zero-order valence-electron chi connectivity index (χ0n) is 57.7. The number of carbonyl (C=O) groups excluding carboxylic acids is 2. The van der Waals surface area contributed by atoms with Crippen molar-refractivity contribution in [3.05, 3.63) is 0 Å². The summed E-state index contributed by atoms with van der Waals surface area (Å²) < 4.78 is 5.50. The maximum Gasteiger partial charge on any atom is 0.305 e. The van der Waals surface area contributed by atoms with Gasteiger partial charge in [-0.2, -0.15) is 0 Å². The number of nitrogens with one attached hydrogen (secondary N) is 1. The predicted octanol–water partition coefficient (Wildman–Crippen LogP) is 25.7. The van der Waals surface area contributed by atoms with E-state index in [0.29, 0.717) is 25.9 Å². The van der Waals surface area contributed by atoms with Crippen molar-refractivity contribution >= 4 is 11.9 Å². The van der Waals surface area contributed by atoms with Gasteiger partial charge in [-0.3, -0.25) is 9.59 Å². The van der Waals surface area contributed by atoms with Crippen LogP contribution < -0.4 is 5.32 Å². The highest BCUT2D eigenvalue weighted by Crippen LogP contribution is 2.21. The first-order valence-corrected chi connectivity index (χ1v) is 39.3. The molecule has 0 spiro atoms. The molecule has 6 nitrogen and oxygen atoms in total. The van der Waals surface area contributed by atoms with Gasteiger partial charge in [0.1, 0.15) is 0 Å². The number of hydrogen-bond donors (Lipinski definition) is 3. The largest absolute Gasteiger partial charge is 0.466 e. The van der Waals surface area contributed by atoms with Gasteiger partial charge in [-0.15, -0.1) is 0 Å². The summed E-state index contributed by atoms with van der Waals surface area (Å²) in [6.45, 7) is 5.02. The molecule has 0 rings (SSSR count). The first-order chi connectivity index (χ1) is 41.5. The maximum absolute atomic E-state index is 12.6. The maximum atomic E-state index is 12.6. The van der Waals surface area contributed by atoms with Crippen LogP contribution >= 0.6 is 0 Å². The summed E-state index contributed by atoms with van der Waals surface area (Å²) in [6, 6.07) is -0.537. The van der Waals surface area contributed by atoms with E-state index in [0.717, 1.165) is 38.5 Å². The van der Waals surface area contributed by atoms with Crippen molar-refractivity contribution < 1.29 is 24.5 Å². The summed E-state index contributed by atoms with van der Waals surface area (Å²) in [5.74, 6) is 0.00108. The lowest BCUT2D eigenvalue weighted by Gasteiger charge is -2.22. The SMILES string of the molecule is CCCCCCCCCCCCCCCCCCCCCCC(O)C(CO)NC(=O)CCCCCCCCCCCCCCCCCCCCCCCCCCCCCCCCCCCOC(=O)CCCCCCCCCCCCCCCC. The quantitative estimate of drug-likeness (QED) is 0.0417. The minimum absolute atomic E-state index is 0.0243. The Kier molecular flexibility index (Phi) is 73.3. The van der Waals surface area contributed by atoms with E-state index in [1.54, 1.807) is 0 Å². The number of carbonyl (C=O) groups is 2. The second-order valence-corrected chi connectivity index (χ2v) is 27.4. The molecule has 0 aliphatic rings. The molecule has 0 aromatic rings. The first-order valence-electron chi connectivity index (χ1n) is 39.3. The van der Waals surface area contributed by atoms with Crippen molar-refractivity contribution in [3.63, 3.8) is 0 Å². The van der Waals surface area contributed by atoms with E-state index >= 15 is 0 Å². The van der Waals surface area contributed by atoms with Gasteiger partial charge < -0.3 is 20.3 Å². The van der Waals surface area contributed by atoms with Crippen LogP contribution in [0, 0.1) is 0 Å². The standard InChI is InChI=1S/C78H155NO5/c1-3-5-7-9-11-13-15-17-19-20-21-37-40-43-46-50-54-58-62-66-70-76(81)75(74-80)79-77(82)71-67-63-59-55-51-47-44-41-38-35-33-31-29-27-25-23-22-24-26-28-30-32-34-36-39-42-45-49-53-57-61-65-69-73-84-78(83)72-68-64-60-56-52-48-18-16-14-12-10-8-6-4-2/h75-76,80-81H,3-74H2,1-2H3,(H,79,82). The number of aliphatic hydroxyl groups excluding tert-OH is 2. The van der Waals surface area contributed by atoms with Crippen molar-refractivity contribution in [2.24, 2.45) is 0 Å². The molecule has 0 aliphatic heterocycles. The summed E-state index contributed by atoms with van der Waals surface area (Å²) in [7, 11) is 0. The lowest BCUT2D eigenvalue weighted by molar-refractivity contribution is -0.143. The van der Waals surface area contributed by atoms with Crippen LogP contribution in [0.25, 0.3) is 0 Å². The molecule has 0 saturated carbocycles. The molecular weight excluding hydrogens is 1030 g/mol. The van der Waals surface area contributed by atoms with Crippen molar-refractivity contribution in [3.8, 4) is 0 Å². The smallest absolute Gasteiger partial charge is 0.305 e. The van der Waals surface area contributed by atoms with Crippen LogP contribution in [0.2, 0.25) is 0 Å². The van der Waals surface area contributed by atoms with Crippen molar-refractivity contribution in [2.75, 3.05) is 13.2 Å². The molecule has 84 heavy (non-hydrogen) atoms. The lowest BCUT2D eigenvalue weighted by atomic mass is 10.0. The van der Waals surface area contributed by atoms with E-state index in [1.165, 1.54) is 392 Å². The average molecular weight is 1190 g/mol. The minimum Gasteiger partial charge on any atom is -0.466 e. The molecule has 0 radical (unpaired) electrons. The van der Waals surface area contributed by atoms with Gasteiger partial charge in [0.2, 0.25) is 5.91 Å². The Labute approximate surface area is 527 Å². The Balaban J connectivity index is 3.31. The van der Waals surface area contributed by atoms with E-state index in [4.69, 9.17) is 4.74 Å². The van der Waals surface area contributed by atoms with E-state index in [2.05, 4.69) is 19.2 Å². The van der Waals surface area contributed by atoms with Gasteiger partial charge >= 0.3 is 5.97 Å². The van der Waals surface area contributed by atoms with Crippen LogP contribution in [-0.2, 0) is 14.3 Å². The highest BCUT2D eigenvalue weighted by atomic mass is 16.5. The third-order valence-electron chi connectivity index (χ3n) is 18.9. The number of hydrogen-bond acceptors (Lipinski definition) is 5. The molecule has 0 heterocycles. The molecule has 0 fully saturated rings. The van der Waals surface area contributed by atoms with Gasteiger partial charge in [0.25, 0.3) is 0 Å². The molecule has 3 N–H and O–H groups in total. The topological polar surface area (TPSA) is 95.9 Å². The third kappa shape index (κ3) is 70.0. The Bertz CT molecular complexity index is 1230. The second kappa shape index (κ2) is 74.3. The van der Waals surface area contributed by atoms with Crippen LogP contribution in [0.3, 0.4) is 0 Å². The van der Waals surface area contributed by atoms with Crippen LogP contribution in [0.15, 0.2) is 0 Å².